The maximum Gasteiger partial charge on any atom is 0.418 e. The van der Waals surface area contributed by atoms with Crippen LogP contribution < -0.4 is 20.9 Å². The number of alkyl halides is 3. The van der Waals surface area contributed by atoms with E-state index in [-0.39, 0.29) is 11.6 Å². The van der Waals surface area contributed by atoms with Crippen molar-refractivity contribution in [1.29, 1.82) is 0 Å². The Morgan fingerprint density at radius 3 is 2.35 bits per heavy atom. The number of urea groups is 1. The fourth-order valence-electron chi connectivity index (χ4n) is 4.41. The number of halogens is 3. The first-order valence-electron chi connectivity index (χ1n) is 12.8. The zero-order chi connectivity index (χ0) is 27.0. The first-order valence-corrected chi connectivity index (χ1v) is 12.8. The third-order valence-electron chi connectivity index (χ3n) is 6.71. The second-order valence-corrected chi connectivity index (χ2v) is 9.31. The summed E-state index contributed by atoms with van der Waals surface area (Å²) < 4.78 is 39.9. The van der Waals surface area contributed by atoms with Gasteiger partial charge in [-0.05, 0) is 62.2 Å². The van der Waals surface area contributed by atoms with Gasteiger partial charge in [0.1, 0.15) is 0 Å². The van der Waals surface area contributed by atoms with Crippen molar-refractivity contribution in [3.05, 3.63) is 53.6 Å². The number of hydrogen-bond donors (Lipinski definition) is 3. The minimum Gasteiger partial charge on any atom is -0.371 e. The average Bonchev–Trinajstić information content (AvgIpc) is 2.86. The van der Waals surface area contributed by atoms with E-state index >= 15 is 0 Å². The van der Waals surface area contributed by atoms with Gasteiger partial charge in [-0.3, -0.25) is 4.79 Å². The van der Waals surface area contributed by atoms with Gasteiger partial charge in [0, 0.05) is 37.6 Å². The quantitative estimate of drug-likeness (QED) is 0.400. The largest absolute Gasteiger partial charge is 0.418 e. The normalized spacial score (nSPS) is 14.5. The number of hydrogen-bond acceptors (Lipinski definition) is 4. The van der Waals surface area contributed by atoms with Gasteiger partial charge in [-0.25, -0.2) is 4.79 Å². The molecule has 7 nitrogen and oxygen atoms in total. The van der Waals surface area contributed by atoms with Crippen molar-refractivity contribution >= 4 is 29.0 Å². The molecular weight excluding hydrogens is 483 g/mol. The van der Waals surface area contributed by atoms with E-state index in [0.717, 1.165) is 50.8 Å². The van der Waals surface area contributed by atoms with Crippen molar-refractivity contribution in [3.63, 3.8) is 0 Å². The van der Waals surface area contributed by atoms with E-state index < -0.39 is 17.8 Å². The summed E-state index contributed by atoms with van der Waals surface area (Å²) in [6.07, 6.45) is -2.57. The van der Waals surface area contributed by atoms with E-state index in [4.69, 9.17) is 0 Å². The van der Waals surface area contributed by atoms with Gasteiger partial charge in [0.15, 0.2) is 0 Å². The molecule has 0 unspecified atom stereocenters. The van der Waals surface area contributed by atoms with Crippen molar-refractivity contribution < 1.29 is 22.8 Å². The zero-order valence-corrected chi connectivity index (χ0v) is 21.6. The number of rotatable bonds is 9. The van der Waals surface area contributed by atoms with E-state index in [9.17, 15) is 22.8 Å². The Kier molecular flexibility index (Phi) is 9.79. The van der Waals surface area contributed by atoms with Crippen molar-refractivity contribution in [2.45, 2.75) is 39.8 Å². The number of piperidine rings is 1. The van der Waals surface area contributed by atoms with E-state index in [1.807, 2.05) is 0 Å². The highest BCUT2D eigenvalue weighted by molar-refractivity contribution is 6.04. The van der Waals surface area contributed by atoms with Gasteiger partial charge in [0.2, 0.25) is 0 Å². The van der Waals surface area contributed by atoms with Crippen LogP contribution >= 0.6 is 0 Å². The summed E-state index contributed by atoms with van der Waals surface area (Å²) >= 11 is 0. The summed E-state index contributed by atoms with van der Waals surface area (Å²) in [5, 5.41) is 7.81. The van der Waals surface area contributed by atoms with Crippen LogP contribution in [0.3, 0.4) is 0 Å². The van der Waals surface area contributed by atoms with Gasteiger partial charge in [-0.2, -0.15) is 13.2 Å². The number of anilines is 3. The monoisotopic (exact) mass is 519 g/mol. The summed E-state index contributed by atoms with van der Waals surface area (Å²) in [4.78, 5) is 30.1. The second kappa shape index (κ2) is 12.8. The molecule has 0 bridgehead atoms. The molecule has 202 valence electrons. The van der Waals surface area contributed by atoms with Gasteiger partial charge in [0.25, 0.3) is 5.91 Å². The Morgan fingerprint density at radius 1 is 1.03 bits per heavy atom. The van der Waals surface area contributed by atoms with Crippen LogP contribution in [0.5, 0.6) is 0 Å². The van der Waals surface area contributed by atoms with E-state index in [2.05, 4.69) is 46.5 Å². The SMILES string of the molecule is CCN(CC)CCNC(=O)c1cc(NC(=O)Nc2ccccc2C(F)(F)F)ccc1N1CCC(C)CC1. The Morgan fingerprint density at radius 2 is 1.70 bits per heavy atom. The number of nitrogens with zero attached hydrogens (tertiary/aromatic N) is 2. The van der Waals surface area contributed by atoms with Crippen molar-refractivity contribution in [2.24, 2.45) is 5.92 Å². The van der Waals surface area contributed by atoms with E-state index in [1.165, 1.54) is 18.2 Å². The number of carbonyl (C=O) groups is 2. The zero-order valence-electron chi connectivity index (χ0n) is 21.6. The average molecular weight is 520 g/mol. The summed E-state index contributed by atoms with van der Waals surface area (Å²) in [6, 6.07) is 8.97. The molecule has 0 aromatic heterocycles. The highest BCUT2D eigenvalue weighted by Crippen LogP contribution is 2.35. The highest BCUT2D eigenvalue weighted by Gasteiger charge is 2.33. The second-order valence-electron chi connectivity index (χ2n) is 9.31. The molecule has 0 spiro atoms. The third-order valence-corrected chi connectivity index (χ3v) is 6.71. The van der Waals surface area contributed by atoms with Crippen molar-refractivity contribution in [2.75, 3.05) is 54.8 Å². The molecule has 37 heavy (non-hydrogen) atoms. The minimum absolute atomic E-state index is 0.257. The van der Waals surface area contributed by atoms with Crippen LogP contribution in [0.2, 0.25) is 0 Å². The maximum absolute atomic E-state index is 13.3. The lowest BCUT2D eigenvalue weighted by molar-refractivity contribution is -0.136. The maximum atomic E-state index is 13.3. The molecule has 3 rings (SSSR count). The van der Waals surface area contributed by atoms with Crippen LogP contribution in [-0.4, -0.2) is 56.1 Å². The van der Waals surface area contributed by atoms with Crippen molar-refractivity contribution in [3.8, 4) is 0 Å². The summed E-state index contributed by atoms with van der Waals surface area (Å²) in [5.41, 5.74) is 0.224. The van der Waals surface area contributed by atoms with Crippen LogP contribution in [0.15, 0.2) is 42.5 Å². The predicted octanol–water partition coefficient (Wildman–Crippen LogP) is 5.66. The number of para-hydroxylation sites is 1. The van der Waals surface area contributed by atoms with Crippen LogP contribution in [0.4, 0.5) is 35.0 Å². The predicted molar refractivity (Wildman–Crippen MR) is 141 cm³/mol. The highest BCUT2D eigenvalue weighted by atomic mass is 19.4. The van der Waals surface area contributed by atoms with Gasteiger partial charge in [-0.1, -0.05) is 32.9 Å². The van der Waals surface area contributed by atoms with Gasteiger partial charge in [0.05, 0.1) is 16.8 Å². The molecular formula is C27H36F3N5O2. The molecule has 0 saturated carbocycles. The smallest absolute Gasteiger partial charge is 0.371 e. The molecule has 1 heterocycles. The molecule has 0 aliphatic carbocycles. The van der Waals surface area contributed by atoms with E-state index in [1.54, 1.807) is 18.2 Å². The van der Waals surface area contributed by atoms with Crippen LogP contribution in [-0.2, 0) is 6.18 Å². The molecule has 3 N–H and O–H groups in total. The lowest BCUT2D eigenvalue weighted by atomic mass is 9.98. The molecule has 1 aliphatic heterocycles. The number of likely N-dealkylation sites (N-methyl/N-ethyl adjacent to an activating group) is 1. The van der Waals surface area contributed by atoms with Gasteiger partial charge < -0.3 is 25.8 Å². The molecule has 1 aliphatic rings. The molecule has 3 amide bonds. The van der Waals surface area contributed by atoms with Gasteiger partial charge in [-0.15, -0.1) is 0 Å². The standard InChI is InChI=1S/C27H36F3N5O2/c1-4-34(5-2)17-14-31-25(36)21-18-20(10-11-24(21)35-15-12-19(3)13-16-35)32-26(37)33-23-9-7-6-8-22(23)27(28,29)30/h6-11,18-19H,4-5,12-17H2,1-3H3,(H,31,36)(H2,32,33,37). The van der Waals surface area contributed by atoms with Crippen molar-refractivity contribution in [1.82, 2.24) is 10.2 Å². The fourth-order valence-corrected chi connectivity index (χ4v) is 4.41. The molecule has 1 saturated heterocycles. The fraction of sp³-hybridized carbons (Fsp3) is 0.481. The first kappa shape index (κ1) is 28.3. The lowest BCUT2D eigenvalue weighted by Crippen LogP contribution is -2.37. The lowest BCUT2D eigenvalue weighted by Gasteiger charge is -2.33. The molecule has 2 aromatic carbocycles. The van der Waals surface area contributed by atoms with Crippen LogP contribution in [0.25, 0.3) is 0 Å². The number of carbonyl (C=O) groups excluding carboxylic acids is 2. The first-order chi connectivity index (χ1) is 17.6. The molecule has 10 heteroatoms. The third kappa shape index (κ3) is 7.85. The Labute approximate surface area is 216 Å². The molecule has 0 atom stereocenters. The van der Waals surface area contributed by atoms with Crippen LogP contribution in [0.1, 0.15) is 49.5 Å². The summed E-state index contributed by atoms with van der Waals surface area (Å²) in [5.74, 6) is 0.360. The Hall–Kier alpha value is -3.27. The summed E-state index contributed by atoms with van der Waals surface area (Å²) in [6.45, 7) is 10.9. The molecule has 0 radical (unpaired) electrons. The van der Waals surface area contributed by atoms with Gasteiger partial charge >= 0.3 is 12.2 Å². The number of nitrogens with one attached hydrogen (secondary N) is 3. The summed E-state index contributed by atoms with van der Waals surface area (Å²) in [7, 11) is 0. The molecule has 1 fully saturated rings. The van der Waals surface area contributed by atoms with E-state index in [0.29, 0.717) is 30.3 Å². The van der Waals surface area contributed by atoms with Crippen LogP contribution in [0, 0.1) is 5.92 Å². The number of amides is 3. The number of benzene rings is 2. The topological polar surface area (TPSA) is 76.7 Å². The minimum atomic E-state index is -4.60. The Bertz CT molecular complexity index is 1060. The Balaban J connectivity index is 1.78. The molecule has 2 aromatic rings.